The Morgan fingerprint density at radius 1 is 1.26 bits per heavy atom. The Labute approximate surface area is 118 Å². The Bertz CT molecular complexity index is 537. The molecule has 1 heterocycles. The van der Waals surface area contributed by atoms with Gasteiger partial charge < -0.3 is 5.32 Å². The molecule has 3 atom stereocenters. The van der Waals surface area contributed by atoms with E-state index in [0.717, 1.165) is 11.6 Å². The minimum absolute atomic E-state index is 0.310. The summed E-state index contributed by atoms with van der Waals surface area (Å²) in [5.41, 5.74) is 1.43. The lowest BCUT2D eigenvalue weighted by molar-refractivity contribution is 0.589. The third kappa shape index (κ3) is 2.69. The Hall–Kier alpha value is -1.26. The van der Waals surface area contributed by atoms with Crippen LogP contribution in [0, 0.1) is 0 Å². The zero-order valence-electron chi connectivity index (χ0n) is 11.3. The van der Waals surface area contributed by atoms with Crippen molar-refractivity contribution in [2.24, 2.45) is 0 Å². The molecular formula is C15H19N3S. The molecular weight excluding hydrogens is 254 g/mol. The maximum Gasteiger partial charge on any atom is 0.134 e. The van der Waals surface area contributed by atoms with Crippen LogP contribution in [0.3, 0.4) is 0 Å². The Balaban J connectivity index is 1.69. The van der Waals surface area contributed by atoms with E-state index in [2.05, 4.69) is 59.7 Å². The summed E-state index contributed by atoms with van der Waals surface area (Å²) >= 11 is 1.77. The zero-order chi connectivity index (χ0) is 13.2. The molecule has 3 unspecified atom stereocenters. The molecule has 1 aliphatic carbocycles. The van der Waals surface area contributed by atoms with Crippen molar-refractivity contribution in [1.82, 2.24) is 15.5 Å². The van der Waals surface area contributed by atoms with Gasteiger partial charge in [0.1, 0.15) is 10.0 Å². The van der Waals surface area contributed by atoms with E-state index in [9.17, 15) is 0 Å². The van der Waals surface area contributed by atoms with Crippen LogP contribution in [-0.4, -0.2) is 16.7 Å². The number of nitrogens with zero attached hydrogens (tertiary/aromatic N) is 2. The average Bonchev–Trinajstić information content (AvgIpc) is 3.09. The topological polar surface area (TPSA) is 37.8 Å². The van der Waals surface area contributed by atoms with E-state index in [0.29, 0.717) is 17.9 Å². The molecule has 1 aromatic carbocycles. The molecule has 3 rings (SSSR count). The fraction of sp³-hybridized carbons (Fsp3) is 0.467. The number of benzene rings is 1. The van der Waals surface area contributed by atoms with Crippen molar-refractivity contribution in [3.8, 4) is 0 Å². The van der Waals surface area contributed by atoms with Gasteiger partial charge in [0, 0.05) is 5.92 Å². The maximum absolute atomic E-state index is 4.39. The second kappa shape index (κ2) is 5.39. The molecule has 0 amide bonds. The van der Waals surface area contributed by atoms with Crippen molar-refractivity contribution in [1.29, 1.82) is 0 Å². The van der Waals surface area contributed by atoms with Crippen molar-refractivity contribution in [3.63, 3.8) is 0 Å². The van der Waals surface area contributed by atoms with Crippen molar-refractivity contribution in [2.45, 2.75) is 38.1 Å². The first-order valence-corrected chi connectivity index (χ1v) is 7.73. The summed E-state index contributed by atoms with van der Waals surface area (Å²) in [6.45, 7) is 5.23. The highest BCUT2D eigenvalue weighted by Gasteiger charge is 2.42. The van der Waals surface area contributed by atoms with Gasteiger partial charge in [-0.15, -0.1) is 10.2 Å². The lowest BCUT2D eigenvalue weighted by Crippen LogP contribution is -2.17. The summed E-state index contributed by atoms with van der Waals surface area (Å²) < 4.78 is 0. The van der Waals surface area contributed by atoms with Crippen LogP contribution in [0.25, 0.3) is 0 Å². The molecule has 3 nitrogen and oxygen atoms in total. The number of aromatic nitrogens is 2. The van der Waals surface area contributed by atoms with Crippen LogP contribution in [0.4, 0.5) is 0 Å². The van der Waals surface area contributed by atoms with Crippen LogP contribution in [0.2, 0.25) is 0 Å². The standard InChI is InChI=1S/C15H19N3S/c1-3-16-10(2)14-17-18-15(19-14)13-9-12(13)11-7-5-4-6-8-11/h4-8,10,12-13,16H,3,9H2,1-2H3. The number of nitrogens with one attached hydrogen (secondary N) is 1. The first-order chi connectivity index (χ1) is 9.29. The van der Waals surface area contributed by atoms with Crippen molar-refractivity contribution < 1.29 is 0 Å². The van der Waals surface area contributed by atoms with Gasteiger partial charge in [0.25, 0.3) is 0 Å². The SMILES string of the molecule is CCNC(C)c1nnc(C2CC2c2ccccc2)s1. The van der Waals surface area contributed by atoms with E-state index >= 15 is 0 Å². The zero-order valence-corrected chi connectivity index (χ0v) is 12.2. The minimum Gasteiger partial charge on any atom is -0.308 e. The van der Waals surface area contributed by atoms with Gasteiger partial charge in [0.15, 0.2) is 0 Å². The van der Waals surface area contributed by atoms with Gasteiger partial charge in [-0.05, 0) is 31.4 Å². The first-order valence-electron chi connectivity index (χ1n) is 6.91. The smallest absolute Gasteiger partial charge is 0.134 e. The Morgan fingerprint density at radius 2 is 2.05 bits per heavy atom. The van der Waals surface area contributed by atoms with Crippen LogP contribution < -0.4 is 5.32 Å². The summed E-state index contributed by atoms with van der Waals surface area (Å²) in [7, 11) is 0. The molecule has 1 N–H and O–H groups in total. The molecule has 0 saturated heterocycles. The van der Waals surface area contributed by atoms with Crippen molar-refractivity contribution in [2.75, 3.05) is 6.54 Å². The molecule has 0 spiro atoms. The van der Waals surface area contributed by atoms with Gasteiger partial charge in [0.2, 0.25) is 0 Å². The highest BCUT2D eigenvalue weighted by molar-refractivity contribution is 7.11. The second-order valence-electron chi connectivity index (χ2n) is 5.12. The number of hydrogen-bond acceptors (Lipinski definition) is 4. The molecule has 0 radical (unpaired) electrons. The molecule has 1 aromatic heterocycles. The summed E-state index contributed by atoms with van der Waals surface area (Å²) in [6, 6.07) is 11.0. The third-order valence-corrected chi connectivity index (χ3v) is 4.91. The van der Waals surface area contributed by atoms with E-state index in [1.807, 2.05) is 0 Å². The van der Waals surface area contributed by atoms with Gasteiger partial charge in [0.05, 0.1) is 6.04 Å². The number of hydrogen-bond donors (Lipinski definition) is 1. The molecule has 1 aliphatic rings. The van der Waals surface area contributed by atoms with Crippen LogP contribution >= 0.6 is 11.3 Å². The van der Waals surface area contributed by atoms with Crippen LogP contribution in [0.5, 0.6) is 0 Å². The molecule has 4 heteroatoms. The van der Waals surface area contributed by atoms with Gasteiger partial charge in [-0.3, -0.25) is 0 Å². The Morgan fingerprint density at radius 3 is 2.79 bits per heavy atom. The average molecular weight is 273 g/mol. The number of rotatable bonds is 5. The van der Waals surface area contributed by atoms with E-state index in [1.54, 1.807) is 11.3 Å². The Kier molecular flexibility index (Phi) is 3.62. The van der Waals surface area contributed by atoms with Gasteiger partial charge in [-0.1, -0.05) is 48.6 Å². The molecule has 19 heavy (non-hydrogen) atoms. The maximum atomic E-state index is 4.39. The van der Waals surface area contributed by atoms with Gasteiger partial charge in [-0.2, -0.15) is 0 Å². The largest absolute Gasteiger partial charge is 0.308 e. The fourth-order valence-corrected chi connectivity index (χ4v) is 3.55. The predicted octanol–water partition coefficient (Wildman–Crippen LogP) is 3.48. The van der Waals surface area contributed by atoms with Crippen LogP contribution in [0.15, 0.2) is 30.3 Å². The summed E-state index contributed by atoms with van der Waals surface area (Å²) in [5.74, 6) is 1.24. The molecule has 0 aliphatic heterocycles. The summed E-state index contributed by atoms with van der Waals surface area (Å²) in [5, 5.41) is 14.4. The third-order valence-electron chi connectivity index (χ3n) is 3.67. The normalized spacial score (nSPS) is 23.3. The fourth-order valence-electron chi connectivity index (χ4n) is 2.50. The highest BCUT2D eigenvalue weighted by Crippen LogP contribution is 2.55. The quantitative estimate of drug-likeness (QED) is 0.906. The molecule has 1 saturated carbocycles. The van der Waals surface area contributed by atoms with Crippen LogP contribution in [-0.2, 0) is 0 Å². The summed E-state index contributed by atoms with van der Waals surface area (Å²) in [4.78, 5) is 0. The first kappa shape index (κ1) is 12.8. The summed E-state index contributed by atoms with van der Waals surface area (Å²) in [6.07, 6.45) is 1.22. The molecule has 1 fully saturated rings. The predicted molar refractivity (Wildman–Crippen MR) is 78.5 cm³/mol. The van der Waals surface area contributed by atoms with E-state index in [-0.39, 0.29) is 0 Å². The van der Waals surface area contributed by atoms with E-state index in [4.69, 9.17) is 0 Å². The molecule has 0 bridgehead atoms. The van der Waals surface area contributed by atoms with E-state index in [1.165, 1.54) is 17.0 Å². The van der Waals surface area contributed by atoms with Crippen molar-refractivity contribution >= 4 is 11.3 Å². The van der Waals surface area contributed by atoms with Gasteiger partial charge >= 0.3 is 0 Å². The van der Waals surface area contributed by atoms with Gasteiger partial charge in [-0.25, -0.2) is 0 Å². The molecule has 2 aromatic rings. The van der Waals surface area contributed by atoms with Crippen molar-refractivity contribution in [3.05, 3.63) is 45.9 Å². The highest BCUT2D eigenvalue weighted by atomic mass is 32.1. The minimum atomic E-state index is 0.310. The van der Waals surface area contributed by atoms with E-state index < -0.39 is 0 Å². The second-order valence-corrected chi connectivity index (χ2v) is 6.16. The lowest BCUT2D eigenvalue weighted by Gasteiger charge is -2.06. The van der Waals surface area contributed by atoms with Crippen LogP contribution in [0.1, 0.15) is 53.7 Å². The molecule has 100 valence electrons. The lowest BCUT2D eigenvalue weighted by atomic mass is 10.1. The monoisotopic (exact) mass is 273 g/mol.